The van der Waals surface area contributed by atoms with Crippen molar-refractivity contribution in [2.24, 2.45) is 4.99 Å². The lowest BCUT2D eigenvalue weighted by Crippen LogP contribution is -1.87. The molecule has 0 unspecified atom stereocenters. The molecule has 0 atom stereocenters. The van der Waals surface area contributed by atoms with Gasteiger partial charge in [-0.25, -0.2) is 0 Å². The Morgan fingerprint density at radius 3 is 2.44 bits per heavy atom. The van der Waals surface area contributed by atoms with Crippen LogP contribution in [0, 0.1) is 6.92 Å². The largest absolute Gasteiger partial charge is 0.256 e. The van der Waals surface area contributed by atoms with Crippen LogP contribution in [0.2, 0.25) is 5.02 Å². The number of rotatable bonds is 2. The lowest BCUT2D eigenvalue weighted by molar-refractivity contribution is 1.44. The molecule has 2 rings (SSSR count). The number of para-hydroxylation sites is 1. The van der Waals surface area contributed by atoms with Gasteiger partial charge in [0.05, 0.1) is 5.69 Å². The topological polar surface area (TPSA) is 12.4 Å². The van der Waals surface area contributed by atoms with Crippen LogP contribution in [-0.2, 0) is 0 Å². The van der Waals surface area contributed by atoms with Crippen molar-refractivity contribution >= 4 is 23.5 Å². The maximum absolute atomic E-state index is 6.10. The summed E-state index contributed by atoms with van der Waals surface area (Å²) in [7, 11) is 0. The van der Waals surface area contributed by atoms with Gasteiger partial charge in [-0.3, -0.25) is 4.99 Å². The van der Waals surface area contributed by atoms with E-state index in [2.05, 4.69) is 4.99 Å². The first-order chi connectivity index (χ1) is 7.77. The molecule has 0 aliphatic rings. The molecule has 0 aromatic heterocycles. The van der Waals surface area contributed by atoms with Gasteiger partial charge in [0.2, 0.25) is 0 Å². The van der Waals surface area contributed by atoms with Crippen LogP contribution in [0.25, 0.3) is 0 Å². The van der Waals surface area contributed by atoms with Gasteiger partial charge in [0.25, 0.3) is 0 Å². The third-order valence-corrected chi connectivity index (χ3v) is 2.70. The maximum Gasteiger partial charge on any atom is 0.0629 e. The summed E-state index contributed by atoms with van der Waals surface area (Å²) in [6.45, 7) is 2.03. The van der Waals surface area contributed by atoms with Crippen molar-refractivity contribution in [2.45, 2.75) is 6.92 Å². The van der Waals surface area contributed by atoms with Crippen molar-refractivity contribution in [1.82, 2.24) is 0 Å². The van der Waals surface area contributed by atoms with E-state index in [1.807, 2.05) is 61.7 Å². The van der Waals surface area contributed by atoms with Crippen molar-refractivity contribution in [2.75, 3.05) is 0 Å². The second-order valence-corrected chi connectivity index (χ2v) is 3.97. The minimum atomic E-state index is 0.736. The van der Waals surface area contributed by atoms with Crippen LogP contribution in [0.3, 0.4) is 0 Å². The minimum Gasteiger partial charge on any atom is -0.256 e. The van der Waals surface area contributed by atoms with Gasteiger partial charge in [-0.2, -0.15) is 0 Å². The minimum absolute atomic E-state index is 0.736. The number of aryl methyl sites for hydroxylation is 1. The van der Waals surface area contributed by atoms with Crippen LogP contribution in [0.1, 0.15) is 11.1 Å². The molecule has 0 radical (unpaired) electrons. The van der Waals surface area contributed by atoms with Crippen molar-refractivity contribution in [3.05, 3.63) is 64.7 Å². The first-order valence-corrected chi connectivity index (χ1v) is 5.49. The van der Waals surface area contributed by atoms with Gasteiger partial charge in [-0.05, 0) is 30.7 Å². The molecule has 0 aliphatic carbocycles. The normalized spacial score (nSPS) is 10.9. The lowest BCUT2D eigenvalue weighted by Gasteiger charge is -2.01. The van der Waals surface area contributed by atoms with Gasteiger partial charge < -0.3 is 0 Å². The molecule has 0 amide bonds. The Bertz CT molecular complexity index is 483. The van der Waals surface area contributed by atoms with E-state index in [1.165, 1.54) is 0 Å². The molecule has 0 fully saturated rings. The number of aliphatic imine (C=N–C) groups is 1. The van der Waals surface area contributed by atoms with E-state index in [9.17, 15) is 0 Å². The Balaban J connectivity index is 2.31. The summed E-state index contributed by atoms with van der Waals surface area (Å²) in [5.41, 5.74) is 3.04. The van der Waals surface area contributed by atoms with Crippen molar-refractivity contribution in [3.63, 3.8) is 0 Å². The summed E-state index contributed by atoms with van der Waals surface area (Å²) in [5.74, 6) is 0. The molecule has 0 saturated carbocycles. The summed E-state index contributed by atoms with van der Waals surface area (Å²) in [4.78, 5) is 4.39. The van der Waals surface area contributed by atoms with Crippen molar-refractivity contribution < 1.29 is 0 Å². The lowest BCUT2D eigenvalue weighted by atomic mass is 10.1. The van der Waals surface area contributed by atoms with Crippen molar-refractivity contribution in [3.8, 4) is 0 Å². The first-order valence-electron chi connectivity index (χ1n) is 5.11. The molecule has 0 bridgehead atoms. The molecule has 0 aliphatic heterocycles. The van der Waals surface area contributed by atoms with Gasteiger partial charge in [0, 0.05) is 16.8 Å². The monoisotopic (exact) mass is 229 g/mol. The quantitative estimate of drug-likeness (QED) is 0.677. The molecular formula is C14H12ClN. The van der Waals surface area contributed by atoms with E-state index in [1.54, 1.807) is 0 Å². The zero-order chi connectivity index (χ0) is 11.4. The van der Waals surface area contributed by atoms with Crippen LogP contribution >= 0.6 is 11.6 Å². The van der Waals surface area contributed by atoms with Crippen LogP contribution in [0.15, 0.2) is 53.5 Å². The molecule has 16 heavy (non-hydrogen) atoms. The fourth-order valence-electron chi connectivity index (χ4n) is 1.46. The van der Waals surface area contributed by atoms with Crippen LogP contribution < -0.4 is 0 Å². The second kappa shape index (κ2) is 4.95. The fourth-order valence-corrected chi connectivity index (χ4v) is 1.73. The molecule has 0 saturated heterocycles. The Hall–Kier alpha value is -1.60. The smallest absolute Gasteiger partial charge is 0.0629 e. The second-order valence-electron chi connectivity index (χ2n) is 3.56. The average molecular weight is 230 g/mol. The summed E-state index contributed by atoms with van der Waals surface area (Å²) >= 11 is 6.10. The third kappa shape index (κ3) is 2.50. The van der Waals surface area contributed by atoms with E-state index in [-0.39, 0.29) is 0 Å². The Morgan fingerprint density at radius 2 is 1.75 bits per heavy atom. The highest BCUT2D eigenvalue weighted by atomic mass is 35.5. The molecule has 0 heterocycles. The zero-order valence-corrected chi connectivity index (χ0v) is 9.78. The molecule has 2 aromatic rings. The number of halogens is 1. The van der Waals surface area contributed by atoms with Gasteiger partial charge in [0.15, 0.2) is 0 Å². The van der Waals surface area contributed by atoms with Gasteiger partial charge in [-0.15, -0.1) is 0 Å². The van der Waals surface area contributed by atoms with E-state index in [0.717, 1.165) is 21.8 Å². The summed E-state index contributed by atoms with van der Waals surface area (Å²) in [6.07, 6.45) is 1.81. The van der Waals surface area contributed by atoms with Crippen LogP contribution in [0.4, 0.5) is 5.69 Å². The van der Waals surface area contributed by atoms with Crippen LogP contribution in [0.5, 0.6) is 0 Å². The third-order valence-electron chi connectivity index (χ3n) is 2.37. The molecule has 0 N–H and O–H groups in total. The Labute approximate surface area is 100 Å². The van der Waals surface area contributed by atoms with Crippen molar-refractivity contribution in [1.29, 1.82) is 0 Å². The zero-order valence-electron chi connectivity index (χ0n) is 9.02. The Morgan fingerprint density at radius 1 is 1.00 bits per heavy atom. The molecule has 1 nitrogen and oxygen atoms in total. The Kier molecular flexibility index (Phi) is 3.37. The molecular weight excluding hydrogens is 218 g/mol. The average Bonchev–Trinajstić information content (AvgIpc) is 2.30. The highest BCUT2D eigenvalue weighted by molar-refractivity contribution is 6.33. The maximum atomic E-state index is 6.10. The van der Waals surface area contributed by atoms with Crippen LogP contribution in [-0.4, -0.2) is 6.21 Å². The highest BCUT2D eigenvalue weighted by Crippen LogP contribution is 2.18. The van der Waals surface area contributed by atoms with E-state index < -0.39 is 0 Å². The molecule has 80 valence electrons. The van der Waals surface area contributed by atoms with Gasteiger partial charge >= 0.3 is 0 Å². The standard InChI is InChI=1S/C14H12ClN/c1-11-6-5-9-14(15)13(11)10-16-12-7-3-2-4-8-12/h2-10H,1H3/b16-10+. The summed E-state index contributed by atoms with van der Waals surface area (Å²) in [5, 5.41) is 0.736. The highest BCUT2D eigenvalue weighted by Gasteiger charge is 1.99. The van der Waals surface area contributed by atoms with Gasteiger partial charge in [0.1, 0.15) is 0 Å². The summed E-state index contributed by atoms with van der Waals surface area (Å²) in [6, 6.07) is 15.7. The number of nitrogens with zero attached hydrogens (tertiary/aromatic N) is 1. The molecule has 2 aromatic carbocycles. The fraction of sp³-hybridized carbons (Fsp3) is 0.0714. The van der Waals surface area contributed by atoms with E-state index in [0.29, 0.717) is 0 Å². The summed E-state index contributed by atoms with van der Waals surface area (Å²) < 4.78 is 0. The number of benzene rings is 2. The number of hydrogen-bond donors (Lipinski definition) is 0. The van der Waals surface area contributed by atoms with E-state index >= 15 is 0 Å². The number of hydrogen-bond acceptors (Lipinski definition) is 1. The van der Waals surface area contributed by atoms with Gasteiger partial charge in [-0.1, -0.05) is 41.9 Å². The molecule has 0 spiro atoms. The predicted molar refractivity (Wildman–Crippen MR) is 69.9 cm³/mol. The van der Waals surface area contributed by atoms with E-state index in [4.69, 9.17) is 11.6 Å². The first kappa shape index (κ1) is 10.9. The molecule has 2 heteroatoms. The SMILES string of the molecule is Cc1cccc(Cl)c1/C=N/c1ccccc1. The predicted octanol–water partition coefficient (Wildman–Crippen LogP) is 4.40.